The first-order valence-electron chi connectivity index (χ1n) is 5.33. The van der Waals surface area contributed by atoms with Crippen molar-refractivity contribution >= 4 is 56.2 Å². The third kappa shape index (κ3) is 3.12. The molecule has 0 saturated carbocycles. The van der Waals surface area contributed by atoms with Crippen LogP contribution in [0, 0.1) is 0 Å². The second-order valence-corrected chi connectivity index (χ2v) is 6.76. The van der Waals surface area contributed by atoms with Crippen LogP contribution >= 0.6 is 34.8 Å². The Balaban J connectivity index is 2.50. The fourth-order valence-corrected chi connectivity index (χ4v) is 3.91. The smallest absolute Gasteiger partial charge is 0.265 e. The minimum Gasteiger partial charge on any atom is -0.398 e. The molecule has 0 heterocycles. The minimum absolute atomic E-state index is 0.0398. The zero-order valence-electron chi connectivity index (χ0n) is 9.90. The highest BCUT2D eigenvalue weighted by atomic mass is 35.5. The summed E-state index contributed by atoms with van der Waals surface area (Å²) in [5.41, 5.74) is 5.87. The Hall–Kier alpha value is -1.14. The summed E-state index contributed by atoms with van der Waals surface area (Å²) in [5, 5.41) is 0.457. The molecule has 0 aliphatic heterocycles. The lowest BCUT2D eigenvalue weighted by molar-refractivity contribution is 0.601. The first-order chi connectivity index (χ1) is 9.31. The molecule has 106 valence electrons. The van der Waals surface area contributed by atoms with Crippen LogP contribution in [0.3, 0.4) is 0 Å². The van der Waals surface area contributed by atoms with Gasteiger partial charge in [-0.1, -0.05) is 46.9 Å². The van der Waals surface area contributed by atoms with Crippen molar-refractivity contribution in [2.24, 2.45) is 0 Å². The molecular weight excluding hydrogens is 343 g/mol. The van der Waals surface area contributed by atoms with Crippen molar-refractivity contribution in [1.82, 2.24) is 0 Å². The van der Waals surface area contributed by atoms with Crippen molar-refractivity contribution in [3.8, 4) is 0 Å². The Labute approximate surface area is 131 Å². The molecule has 0 atom stereocenters. The molecule has 0 fully saturated rings. The summed E-state index contributed by atoms with van der Waals surface area (Å²) in [6.45, 7) is 0. The Morgan fingerprint density at radius 3 is 2.25 bits per heavy atom. The summed E-state index contributed by atoms with van der Waals surface area (Å²) in [7, 11) is -3.96. The molecular formula is C12H9Cl3N2O2S. The van der Waals surface area contributed by atoms with Gasteiger partial charge in [-0.05, 0) is 24.3 Å². The number of hydrogen-bond acceptors (Lipinski definition) is 3. The number of halogens is 3. The van der Waals surface area contributed by atoms with Crippen LogP contribution in [0.5, 0.6) is 0 Å². The fraction of sp³-hybridized carbons (Fsp3) is 0. The highest BCUT2D eigenvalue weighted by Gasteiger charge is 2.22. The van der Waals surface area contributed by atoms with Gasteiger partial charge in [0.05, 0.1) is 21.4 Å². The highest BCUT2D eigenvalue weighted by molar-refractivity contribution is 7.93. The van der Waals surface area contributed by atoms with E-state index >= 15 is 0 Å². The average Bonchev–Trinajstić information content (AvgIpc) is 2.30. The summed E-state index contributed by atoms with van der Waals surface area (Å²) in [6.07, 6.45) is 0. The van der Waals surface area contributed by atoms with Crippen LogP contribution in [0.1, 0.15) is 0 Å². The van der Waals surface area contributed by atoms with Crippen molar-refractivity contribution in [3.05, 3.63) is 51.5 Å². The van der Waals surface area contributed by atoms with Gasteiger partial charge in [0.15, 0.2) is 0 Å². The van der Waals surface area contributed by atoms with E-state index in [9.17, 15) is 8.42 Å². The SMILES string of the molecule is Nc1cc(Cl)cc(Cl)c1S(=O)(=O)Nc1ccccc1Cl. The molecule has 0 amide bonds. The van der Waals surface area contributed by atoms with Crippen LogP contribution in [0.15, 0.2) is 41.3 Å². The highest BCUT2D eigenvalue weighted by Crippen LogP contribution is 2.33. The van der Waals surface area contributed by atoms with E-state index < -0.39 is 10.0 Å². The predicted octanol–water partition coefficient (Wildman–Crippen LogP) is 4.03. The van der Waals surface area contributed by atoms with Gasteiger partial charge in [0.1, 0.15) is 4.90 Å². The number of benzene rings is 2. The van der Waals surface area contributed by atoms with E-state index in [1.54, 1.807) is 18.2 Å². The normalized spacial score (nSPS) is 11.3. The predicted molar refractivity (Wildman–Crippen MR) is 83.1 cm³/mol. The molecule has 8 heteroatoms. The van der Waals surface area contributed by atoms with Gasteiger partial charge in [-0.2, -0.15) is 0 Å². The van der Waals surface area contributed by atoms with Gasteiger partial charge in [-0.3, -0.25) is 4.72 Å². The molecule has 0 aliphatic carbocycles. The van der Waals surface area contributed by atoms with Gasteiger partial charge in [0.2, 0.25) is 0 Å². The number of hydrogen-bond donors (Lipinski definition) is 2. The summed E-state index contributed by atoms with van der Waals surface area (Å²) < 4.78 is 27.0. The van der Waals surface area contributed by atoms with Crippen molar-refractivity contribution in [2.45, 2.75) is 4.90 Å². The summed E-state index contributed by atoms with van der Waals surface area (Å²) >= 11 is 17.6. The van der Waals surface area contributed by atoms with E-state index in [-0.39, 0.29) is 31.3 Å². The topological polar surface area (TPSA) is 72.2 Å². The minimum atomic E-state index is -3.96. The molecule has 0 aromatic heterocycles. The molecule has 2 aromatic rings. The number of rotatable bonds is 3. The van der Waals surface area contributed by atoms with Crippen LogP contribution in [0.2, 0.25) is 15.1 Å². The van der Waals surface area contributed by atoms with Crippen molar-refractivity contribution in [1.29, 1.82) is 0 Å². The van der Waals surface area contributed by atoms with Gasteiger partial charge >= 0.3 is 0 Å². The Morgan fingerprint density at radius 1 is 1.00 bits per heavy atom. The zero-order chi connectivity index (χ0) is 14.9. The summed E-state index contributed by atoms with van der Waals surface area (Å²) in [5.74, 6) is 0. The molecule has 4 nitrogen and oxygen atoms in total. The van der Waals surface area contributed by atoms with E-state index in [1.807, 2.05) is 0 Å². The first-order valence-corrected chi connectivity index (χ1v) is 7.95. The van der Waals surface area contributed by atoms with E-state index in [1.165, 1.54) is 18.2 Å². The number of nitrogens with one attached hydrogen (secondary N) is 1. The second kappa shape index (κ2) is 5.69. The van der Waals surface area contributed by atoms with Gasteiger partial charge in [-0.15, -0.1) is 0 Å². The van der Waals surface area contributed by atoms with Crippen molar-refractivity contribution < 1.29 is 8.42 Å². The van der Waals surface area contributed by atoms with E-state index in [0.29, 0.717) is 0 Å². The van der Waals surface area contributed by atoms with Crippen LogP contribution in [-0.4, -0.2) is 8.42 Å². The van der Waals surface area contributed by atoms with Gasteiger partial charge in [0, 0.05) is 5.02 Å². The maximum Gasteiger partial charge on any atom is 0.265 e. The maximum atomic E-state index is 12.3. The molecule has 0 radical (unpaired) electrons. The largest absolute Gasteiger partial charge is 0.398 e. The number of nitrogens with two attached hydrogens (primary N) is 1. The molecule has 3 N–H and O–H groups in total. The molecule has 0 bridgehead atoms. The zero-order valence-corrected chi connectivity index (χ0v) is 13.0. The lowest BCUT2D eigenvalue weighted by Crippen LogP contribution is -2.15. The van der Waals surface area contributed by atoms with E-state index in [0.717, 1.165) is 0 Å². The lowest BCUT2D eigenvalue weighted by Gasteiger charge is -2.13. The van der Waals surface area contributed by atoms with Crippen molar-refractivity contribution in [3.63, 3.8) is 0 Å². The monoisotopic (exact) mass is 350 g/mol. The van der Waals surface area contributed by atoms with Crippen LogP contribution in [0.4, 0.5) is 11.4 Å². The molecule has 2 aromatic carbocycles. The molecule has 0 spiro atoms. The van der Waals surface area contributed by atoms with Gasteiger partial charge in [0.25, 0.3) is 10.0 Å². The van der Waals surface area contributed by atoms with E-state index in [4.69, 9.17) is 40.5 Å². The molecule has 0 aliphatic rings. The number of anilines is 2. The third-order valence-electron chi connectivity index (χ3n) is 2.42. The Morgan fingerprint density at radius 2 is 1.65 bits per heavy atom. The first kappa shape index (κ1) is 15.3. The molecule has 0 saturated heterocycles. The maximum absolute atomic E-state index is 12.3. The third-order valence-corrected chi connectivity index (χ3v) is 4.86. The summed E-state index contributed by atoms with van der Waals surface area (Å²) in [4.78, 5) is -0.233. The molecule has 0 unspecified atom stereocenters. The van der Waals surface area contributed by atoms with Gasteiger partial charge in [-0.25, -0.2) is 8.42 Å². The average molecular weight is 352 g/mol. The molecule has 20 heavy (non-hydrogen) atoms. The Bertz CT molecular complexity index is 740. The number of nitrogen functional groups attached to an aromatic ring is 1. The quantitative estimate of drug-likeness (QED) is 0.820. The fourth-order valence-electron chi connectivity index (χ4n) is 1.60. The Kier molecular flexibility index (Phi) is 4.34. The lowest BCUT2D eigenvalue weighted by atomic mass is 10.3. The second-order valence-electron chi connectivity index (χ2n) is 3.89. The van der Waals surface area contributed by atoms with Crippen LogP contribution < -0.4 is 10.5 Å². The van der Waals surface area contributed by atoms with Crippen molar-refractivity contribution in [2.75, 3.05) is 10.5 Å². The van der Waals surface area contributed by atoms with Crippen LogP contribution in [-0.2, 0) is 10.0 Å². The summed E-state index contributed by atoms with van der Waals surface area (Å²) in [6, 6.07) is 9.04. The van der Waals surface area contributed by atoms with Gasteiger partial charge < -0.3 is 5.73 Å². The number of para-hydroxylation sites is 1. The number of sulfonamides is 1. The standard InChI is InChI=1S/C12H9Cl3N2O2S/c13-7-5-9(15)12(10(16)6-7)20(18,19)17-11-4-2-1-3-8(11)14/h1-6,17H,16H2. The van der Waals surface area contributed by atoms with E-state index in [2.05, 4.69) is 4.72 Å². The molecule has 2 rings (SSSR count). The van der Waals surface area contributed by atoms with Crippen LogP contribution in [0.25, 0.3) is 0 Å².